The summed E-state index contributed by atoms with van der Waals surface area (Å²) in [6, 6.07) is 1.71. The monoisotopic (exact) mass is 493 g/mol. The first-order valence-corrected chi connectivity index (χ1v) is 10.9. The zero-order valence-corrected chi connectivity index (χ0v) is 18.3. The van der Waals surface area contributed by atoms with Crippen LogP contribution < -0.4 is 5.73 Å². The molecule has 0 aromatic carbocycles. The van der Waals surface area contributed by atoms with Gasteiger partial charge in [-0.2, -0.15) is 18.3 Å². The molecular formula is C22H20F5N7O. The molecule has 0 aliphatic carbocycles. The van der Waals surface area contributed by atoms with Gasteiger partial charge in [-0.3, -0.25) is 18.9 Å². The maximum atomic E-state index is 14.1. The van der Waals surface area contributed by atoms with Crippen LogP contribution in [0.25, 0.3) is 27.9 Å². The Kier molecular flexibility index (Phi) is 5.66. The van der Waals surface area contributed by atoms with Gasteiger partial charge < -0.3 is 10.6 Å². The molecule has 1 unspecified atom stereocenters. The normalized spacial score (nSPS) is 17.3. The molecule has 1 aliphatic heterocycles. The van der Waals surface area contributed by atoms with E-state index in [0.717, 1.165) is 29.9 Å². The summed E-state index contributed by atoms with van der Waals surface area (Å²) in [4.78, 5) is 22.7. The van der Waals surface area contributed by atoms with E-state index in [4.69, 9.17) is 5.73 Å². The molecule has 4 aromatic rings. The Labute approximate surface area is 195 Å². The highest BCUT2D eigenvalue weighted by atomic mass is 19.4. The highest BCUT2D eigenvalue weighted by Crippen LogP contribution is 2.31. The van der Waals surface area contributed by atoms with Gasteiger partial charge in [0.15, 0.2) is 11.5 Å². The maximum absolute atomic E-state index is 14.1. The summed E-state index contributed by atoms with van der Waals surface area (Å²) < 4.78 is 69.8. The van der Waals surface area contributed by atoms with Gasteiger partial charge in [0.05, 0.1) is 17.4 Å². The quantitative estimate of drug-likeness (QED) is 0.441. The molecule has 1 saturated heterocycles. The molecule has 0 radical (unpaired) electrons. The zero-order valence-electron chi connectivity index (χ0n) is 18.3. The molecular weight excluding hydrogens is 473 g/mol. The van der Waals surface area contributed by atoms with Crippen molar-refractivity contribution < 1.29 is 26.7 Å². The van der Waals surface area contributed by atoms with Gasteiger partial charge in [-0.15, -0.1) is 0 Å². The van der Waals surface area contributed by atoms with Gasteiger partial charge in [0.2, 0.25) is 0 Å². The number of likely N-dealkylation sites (tertiary alicyclic amines) is 1. The fraction of sp³-hybridized carbons (Fsp3) is 0.364. The van der Waals surface area contributed by atoms with Crippen molar-refractivity contribution in [2.24, 2.45) is 5.73 Å². The molecule has 0 bridgehead atoms. The van der Waals surface area contributed by atoms with Crippen LogP contribution in [-0.4, -0.2) is 60.3 Å². The number of rotatable bonds is 3. The second-order valence-corrected chi connectivity index (χ2v) is 8.56. The highest BCUT2D eigenvalue weighted by molar-refractivity contribution is 5.99. The summed E-state index contributed by atoms with van der Waals surface area (Å²) in [5, 5.41) is 4.24. The van der Waals surface area contributed by atoms with E-state index in [1.54, 1.807) is 4.90 Å². The largest absolute Gasteiger partial charge is 0.408 e. The van der Waals surface area contributed by atoms with E-state index in [2.05, 4.69) is 15.1 Å². The van der Waals surface area contributed by atoms with Crippen molar-refractivity contribution in [3.8, 4) is 11.4 Å². The van der Waals surface area contributed by atoms with Crippen LogP contribution in [0, 0.1) is 11.6 Å². The van der Waals surface area contributed by atoms with E-state index in [-0.39, 0.29) is 39.7 Å². The first kappa shape index (κ1) is 23.1. The minimum Gasteiger partial charge on any atom is -0.336 e. The van der Waals surface area contributed by atoms with Crippen molar-refractivity contribution in [1.29, 1.82) is 0 Å². The number of carbonyl (C=O) groups is 1. The molecule has 4 aromatic heterocycles. The lowest BCUT2D eigenvalue weighted by atomic mass is 10.1. The molecule has 13 heteroatoms. The van der Waals surface area contributed by atoms with Gasteiger partial charge >= 0.3 is 6.18 Å². The van der Waals surface area contributed by atoms with Crippen molar-refractivity contribution >= 4 is 22.5 Å². The van der Waals surface area contributed by atoms with E-state index >= 15 is 0 Å². The van der Waals surface area contributed by atoms with Crippen molar-refractivity contribution in [2.75, 3.05) is 13.1 Å². The summed E-state index contributed by atoms with van der Waals surface area (Å²) in [7, 11) is 0. The summed E-state index contributed by atoms with van der Waals surface area (Å²) in [6.45, 7) is -0.641. The number of alkyl halides is 3. The van der Waals surface area contributed by atoms with E-state index in [0.29, 0.717) is 23.8 Å². The number of nitrogens with zero attached hydrogens (tertiary/aromatic N) is 6. The topological polar surface area (TPSA) is 94.3 Å². The molecule has 1 atom stereocenters. The minimum atomic E-state index is -4.61. The summed E-state index contributed by atoms with van der Waals surface area (Å²) >= 11 is 0. The number of aromatic nitrogens is 5. The van der Waals surface area contributed by atoms with Crippen LogP contribution in [0.5, 0.6) is 0 Å². The van der Waals surface area contributed by atoms with Crippen molar-refractivity contribution in [3.05, 3.63) is 48.1 Å². The maximum Gasteiger partial charge on any atom is 0.408 e. The smallest absolute Gasteiger partial charge is 0.336 e. The number of hydrogen-bond donors (Lipinski definition) is 1. The minimum absolute atomic E-state index is 0.00150. The number of nitrogens with two attached hydrogens (primary N) is 1. The fourth-order valence-corrected chi connectivity index (χ4v) is 4.38. The Morgan fingerprint density at radius 3 is 2.71 bits per heavy atom. The lowest BCUT2D eigenvalue weighted by molar-refractivity contribution is -0.141. The summed E-state index contributed by atoms with van der Waals surface area (Å²) in [6.07, 6.45) is 1.19. The molecule has 1 fully saturated rings. The second kappa shape index (κ2) is 8.56. The molecule has 8 nitrogen and oxygen atoms in total. The van der Waals surface area contributed by atoms with Crippen LogP contribution in [0.2, 0.25) is 0 Å². The number of halogens is 5. The Hall–Kier alpha value is -3.61. The van der Waals surface area contributed by atoms with Crippen LogP contribution in [0.1, 0.15) is 29.8 Å². The fourth-order valence-electron chi connectivity index (χ4n) is 4.38. The molecule has 1 aliphatic rings. The van der Waals surface area contributed by atoms with Crippen LogP contribution in [0.15, 0.2) is 30.7 Å². The molecule has 0 saturated carbocycles. The average molecular weight is 493 g/mol. The van der Waals surface area contributed by atoms with Crippen LogP contribution in [0.4, 0.5) is 22.0 Å². The number of carbonyl (C=O) groups excluding carboxylic acids is 1. The molecule has 35 heavy (non-hydrogen) atoms. The standard InChI is InChI=1S/C22H20F5N7O/c23-12-5-15(24)20-30-8-18(33(20)9-12)19-14-7-29-16(6-17(14)34(31-19)11-22(25,26)27)21(35)32-4-2-1-3-13(28)10-32/h5-9,13H,1-4,10-11,28H2. The third kappa shape index (κ3) is 4.43. The first-order valence-electron chi connectivity index (χ1n) is 10.9. The summed E-state index contributed by atoms with van der Waals surface area (Å²) in [5.74, 6) is -2.27. The average Bonchev–Trinajstić information content (AvgIpc) is 3.27. The van der Waals surface area contributed by atoms with Crippen molar-refractivity contribution in [1.82, 2.24) is 29.0 Å². The molecule has 5 rings (SSSR count). The predicted octanol–water partition coefficient (Wildman–Crippen LogP) is 3.54. The highest BCUT2D eigenvalue weighted by Gasteiger charge is 2.31. The number of amides is 1. The third-order valence-electron chi connectivity index (χ3n) is 5.95. The zero-order chi connectivity index (χ0) is 24.9. The third-order valence-corrected chi connectivity index (χ3v) is 5.95. The molecule has 5 heterocycles. The van der Waals surface area contributed by atoms with Gasteiger partial charge in [0.1, 0.15) is 23.7 Å². The molecule has 184 valence electrons. The van der Waals surface area contributed by atoms with Crippen LogP contribution in [-0.2, 0) is 6.54 Å². The SMILES string of the molecule is NC1CCCCN(C(=O)c2cc3c(cn2)c(-c2cnc4c(F)cc(F)cn24)nn3CC(F)(F)F)C1. The molecule has 2 N–H and O–H groups in total. The van der Waals surface area contributed by atoms with Gasteiger partial charge in [0.25, 0.3) is 5.91 Å². The predicted molar refractivity (Wildman–Crippen MR) is 115 cm³/mol. The number of fused-ring (bicyclic) bond motifs is 2. The van der Waals surface area contributed by atoms with Gasteiger partial charge in [-0.05, 0) is 18.9 Å². The first-order chi connectivity index (χ1) is 16.6. The van der Waals surface area contributed by atoms with Crippen LogP contribution in [0.3, 0.4) is 0 Å². The van der Waals surface area contributed by atoms with Gasteiger partial charge in [0, 0.05) is 43.0 Å². The van der Waals surface area contributed by atoms with Crippen LogP contribution >= 0.6 is 0 Å². The Bertz CT molecular complexity index is 1430. The number of hydrogen-bond acceptors (Lipinski definition) is 5. The number of imidazole rings is 1. The van der Waals surface area contributed by atoms with E-state index < -0.39 is 30.3 Å². The molecule has 1 amide bonds. The Morgan fingerprint density at radius 2 is 1.94 bits per heavy atom. The molecule has 0 spiro atoms. The van der Waals surface area contributed by atoms with E-state index in [1.807, 2.05) is 0 Å². The summed E-state index contributed by atoms with van der Waals surface area (Å²) in [5.41, 5.74) is 5.84. The lowest BCUT2D eigenvalue weighted by Crippen LogP contribution is -2.40. The Morgan fingerprint density at radius 1 is 1.14 bits per heavy atom. The second-order valence-electron chi connectivity index (χ2n) is 8.56. The van der Waals surface area contributed by atoms with E-state index in [9.17, 15) is 26.7 Å². The van der Waals surface area contributed by atoms with Crippen molar-refractivity contribution in [2.45, 2.75) is 38.0 Å². The lowest BCUT2D eigenvalue weighted by Gasteiger charge is -2.22. The number of pyridine rings is 2. The van der Waals surface area contributed by atoms with E-state index in [1.165, 1.54) is 18.5 Å². The van der Waals surface area contributed by atoms with Gasteiger partial charge in [-0.1, -0.05) is 6.42 Å². The van der Waals surface area contributed by atoms with Gasteiger partial charge in [-0.25, -0.2) is 13.8 Å². The van der Waals surface area contributed by atoms with Crippen molar-refractivity contribution in [3.63, 3.8) is 0 Å². The Balaban J connectivity index is 1.64.